The molecule has 1 aliphatic rings. The lowest BCUT2D eigenvalue weighted by Crippen LogP contribution is -2.45. The maximum Gasteiger partial charge on any atom is 0.453 e. The molecule has 204 valence electrons. The van der Waals surface area contributed by atoms with Crippen LogP contribution in [0.15, 0.2) is 42.5 Å². The van der Waals surface area contributed by atoms with Crippen molar-refractivity contribution in [2.24, 2.45) is 5.92 Å². The average Bonchev–Trinajstić information content (AvgIpc) is 3.50. The first kappa shape index (κ1) is 27.5. The molecule has 1 saturated carbocycles. The van der Waals surface area contributed by atoms with Crippen molar-refractivity contribution >= 4 is 5.91 Å². The van der Waals surface area contributed by atoms with Crippen LogP contribution in [0, 0.1) is 11.7 Å². The number of methoxy groups -OCH3 is 1. The monoisotopic (exact) mass is 534 g/mol. The Morgan fingerprint density at radius 2 is 1.82 bits per heavy atom. The van der Waals surface area contributed by atoms with Gasteiger partial charge in [0.15, 0.2) is 0 Å². The highest BCUT2D eigenvalue weighted by atomic mass is 19.4. The van der Waals surface area contributed by atoms with Crippen LogP contribution in [0.5, 0.6) is 5.75 Å². The molecule has 3 unspecified atom stereocenters. The molecule has 4 rings (SSSR count). The second-order valence-corrected chi connectivity index (χ2v) is 10.4. The first-order valence-electron chi connectivity index (χ1n) is 12.2. The van der Waals surface area contributed by atoms with E-state index in [1.54, 1.807) is 18.2 Å². The lowest BCUT2D eigenvalue weighted by molar-refractivity contribution is -0.146. The van der Waals surface area contributed by atoms with Gasteiger partial charge in [-0.1, -0.05) is 12.1 Å². The van der Waals surface area contributed by atoms with Crippen LogP contribution < -0.4 is 15.4 Å². The van der Waals surface area contributed by atoms with Gasteiger partial charge in [-0.3, -0.25) is 4.79 Å². The highest BCUT2D eigenvalue weighted by Gasteiger charge is 2.42. The zero-order valence-electron chi connectivity index (χ0n) is 21.5. The van der Waals surface area contributed by atoms with E-state index < -0.39 is 17.5 Å². The molecular formula is C26H30F4N6O2. The Morgan fingerprint density at radius 1 is 1.11 bits per heavy atom. The van der Waals surface area contributed by atoms with Crippen LogP contribution in [-0.4, -0.2) is 44.8 Å². The number of hydrogen-bond acceptors (Lipinski definition) is 6. The van der Waals surface area contributed by atoms with Gasteiger partial charge in [0.25, 0.3) is 5.82 Å². The number of nitrogens with zero attached hydrogens (tertiary/aromatic N) is 4. The number of halogens is 4. The van der Waals surface area contributed by atoms with Crippen LogP contribution in [-0.2, 0) is 17.5 Å². The molecule has 1 heterocycles. The number of hydrogen-bond donors (Lipinski definition) is 2. The van der Waals surface area contributed by atoms with E-state index in [4.69, 9.17) is 4.74 Å². The van der Waals surface area contributed by atoms with Gasteiger partial charge in [-0.05, 0) is 79.9 Å². The fourth-order valence-electron chi connectivity index (χ4n) is 4.95. The number of carbonyl (C=O) groups is 1. The van der Waals surface area contributed by atoms with Crippen molar-refractivity contribution < 1.29 is 27.1 Å². The molecule has 1 aliphatic carbocycles. The van der Waals surface area contributed by atoms with Crippen molar-refractivity contribution in [3.05, 3.63) is 65.2 Å². The molecule has 1 amide bonds. The fourth-order valence-corrected chi connectivity index (χ4v) is 4.95. The van der Waals surface area contributed by atoms with Gasteiger partial charge in [-0.2, -0.15) is 17.9 Å². The third-order valence-corrected chi connectivity index (χ3v) is 6.53. The lowest BCUT2D eigenvalue weighted by Gasteiger charge is -2.29. The quantitative estimate of drug-likeness (QED) is 0.437. The Kier molecular flexibility index (Phi) is 7.73. The molecule has 2 aromatic carbocycles. The van der Waals surface area contributed by atoms with E-state index in [2.05, 4.69) is 26.2 Å². The second kappa shape index (κ2) is 10.7. The molecule has 1 fully saturated rings. The normalized spacial score (nSPS) is 19.9. The molecule has 3 aromatic rings. The number of tetrazole rings is 1. The van der Waals surface area contributed by atoms with Crippen LogP contribution in [0.25, 0.3) is 5.69 Å². The van der Waals surface area contributed by atoms with Crippen LogP contribution in [0.1, 0.15) is 56.5 Å². The number of rotatable bonds is 7. The van der Waals surface area contributed by atoms with Gasteiger partial charge < -0.3 is 15.4 Å². The van der Waals surface area contributed by atoms with Crippen molar-refractivity contribution in [3.63, 3.8) is 0 Å². The number of carbonyl (C=O) groups excluding carboxylic acids is 1. The van der Waals surface area contributed by atoms with Crippen molar-refractivity contribution in [2.45, 2.75) is 63.8 Å². The van der Waals surface area contributed by atoms with Crippen molar-refractivity contribution in [2.75, 3.05) is 7.11 Å². The summed E-state index contributed by atoms with van der Waals surface area (Å²) in [6, 6.07) is 10.5. The van der Waals surface area contributed by atoms with Gasteiger partial charge >= 0.3 is 6.18 Å². The minimum atomic E-state index is -4.73. The highest BCUT2D eigenvalue weighted by Crippen LogP contribution is 2.41. The zero-order chi connectivity index (χ0) is 27.7. The molecule has 0 aliphatic heterocycles. The van der Waals surface area contributed by atoms with E-state index in [1.165, 1.54) is 31.4 Å². The maximum atomic E-state index is 13.7. The summed E-state index contributed by atoms with van der Waals surface area (Å²) in [4.78, 5) is 13.2. The molecule has 1 aromatic heterocycles. The van der Waals surface area contributed by atoms with Gasteiger partial charge in [-0.25, -0.2) is 4.39 Å². The fraction of sp³-hybridized carbons (Fsp3) is 0.462. The Morgan fingerprint density at radius 3 is 2.45 bits per heavy atom. The number of alkyl halides is 3. The number of benzene rings is 2. The Hall–Kier alpha value is -3.54. The third kappa shape index (κ3) is 6.12. The first-order chi connectivity index (χ1) is 17.9. The van der Waals surface area contributed by atoms with Crippen molar-refractivity contribution in [3.8, 4) is 11.4 Å². The average molecular weight is 535 g/mol. The standard InChI is InChI=1S/C26H30F4N6O2/c1-25(2,3)32-23(37)19-10-11-20(22(19)15-5-7-17(27)8-6-15)31-14-16-13-18(9-12-21(16)38-4)36-24(26(28,29)30)33-34-35-36/h5-9,12-13,19-20,22,31H,10-11,14H2,1-4H3,(H,32,37). The summed E-state index contributed by atoms with van der Waals surface area (Å²) in [6.45, 7) is 5.99. The molecule has 0 spiro atoms. The Bertz CT molecular complexity index is 1270. The van der Waals surface area contributed by atoms with E-state index in [0.717, 1.165) is 5.56 Å². The number of ether oxygens (including phenoxy) is 1. The van der Waals surface area contributed by atoms with Crippen molar-refractivity contribution in [1.82, 2.24) is 30.8 Å². The van der Waals surface area contributed by atoms with Crippen LogP contribution in [0.2, 0.25) is 0 Å². The summed E-state index contributed by atoms with van der Waals surface area (Å²) in [7, 11) is 1.47. The molecule has 38 heavy (non-hydrogen) atoms. The summed E-state index contributed by atoms with van der Waals surface area (Å²) >= 11 is 0. The Labute approximate surface area is 217 Å². The largest absolute Gasteiger partial charge is 0.496 e. The second-order valence-electron chi connectivity index (χ2n) is 10.4. The topological polar surface area (TPSA) is 94.0 Å². The molecule has 12 heteroatoms. The summed E-state index contributed by atoms with van der Waals surface area (Å²) in [5.74, 6) is -1.77. The van der Waals surface area contributed by atoms with Gasteiger partial charge in [-0.15, -0.1) is 5.10 Å². The Balaban J connectivity index is 1.60. The van der Waals surface area contributed by atoms with Gasteiger partial charge in [0.05, 0.1) is 12.8 Å². The molecule has 2 N–H and O–H groups in total. The molecule has 8 nitrogen and oxygen atoms in total. The van der Waals surface area contributed by atoms with Gasteiger partial charge in [0, 0.05) is 35.5 Å². The zero-order valence-corrected chi connectivity index (χ0v) is 21.5. The van der Waals surface area contributed by atoms with E-state index in [-0.39, 0.29) is 41.8 Å². The van der Waals surface area contributed by atoms with Gasteiger partial charge in [0.1, 0.15) is 11.6 Å². The summed E-state index contributed by atoms with van der Waals surface area (Å²) in [6.07, 6.45) is -3.42. The maximum absolute atomic E-state index is 13.7. The predicted molar refractivity (Wildman–Crippen MR) is 131 cm³/mol. The summed E-state index contributed by atoms with van der Waals surface area (Å²) in [5, 5.41) is 16.3. The van der Waals surface area contributed by atoms with Crippen molar-refractivity contribution in [1.29, 1.82) is 0 Å². The predicted octanol–water partition coefficient (Wildman–Crippen LogP) is 4.40. The highest BCUT2D eigenvalue weighted by molar-refractivity contribution is 5.81. The number of amides is 1. The van der Waals surface area contributed by atoms with Crippen LogP contribution in [0.4, 0.5) is 17.6 Å². The number of aromatic nitrogens is 4. The molecule has 3 atom stereocenters. The summed E-state index contributed by atoms with van der Waals surface area (Å²) < 4.78 is 59.8. The van der Waals surface area contributed by atoms with Crippen LogP contribution in [0.3, 0.4) is 0 Å². The molecule has 0 saturated heterocycles. The molecular weight excluding hydrogens is 504 g/mol. The SMILES string of the molecule is COc1ccc(-n2nnnc2C(F)(F)F)cc1CNC1CCC(C(=O)NC(C)(C)C)C1c1ccc(F)cc1. The van der Waals surface area contributed by atoms with E-state index >= 15 is 0 Å². The van der Waals surface area contributed by atoms with E-state index in [1.807, 2.05) is 20.8 Å². The number of nitrogens with one attached hydrogen (secondary N) is 2. The van der Waals surface area contributed by atoms with E-state index in [9.17, 15) is 22.4 Å². The third-order valence-electron chi connectivity index (χ3n) is 6.53. The van der Waals surface area contributed by atoms with Gasteiger partial charge in [0.2, 0.25) is 5.91 Å². The summed E-state index contributed by atoms with van der Waals surface area (Å²) in [5.41, 5.74) is 1.15. The minimum Gasteiger partial charge on any atom is -0.496 e. The van der Waals surface area contributed by atoms with E-state index in [0.29, 0.717) is 28.8 Å². The lowest BCUT2D eigenvalue weighted by atomic mass is 9.85. The smallest absolute Gasteiger partial charge is 0.453 e. The minimum absolute atomic E-state index is 0.0749. The van der Waals surface area contributed by atoms with Crippen LogP contribution >= 0.6 is 0 Å². The first-order valence-corrected chi connectivity index (χ1v) is 12.2. The molecule has 0 bridgehead atoms. The molecule has 0 radical (unpaired) electrons.